The van der Waals surface area contributed by atoms with Crippen LogP contribution in [0.3, 0.4) is 0 Å². The van der Waals surface area contributed by atoms with E-state index >= 15 is 0 Å². The smallest absolute Gasteiger partial charge is 0.338 e. The van der Waals surface area contributed by atoms with E-state index in [1.54, 1.807) is 62.4 Å². The number of nitrogens with zero attached hydrogens (tertiary/aromatic N) is 4. The summed E-state index contributed by atoms with van der Waals surface area (Å²) in [4.78, 5) is 61.2. The maximum atomic E-state index is 13.9. The first-order valence-electron chi connectivity index (χ1n) is 13.6. The van der Waals surface area contributed by atoms with Crippen LogP contribution in [0.25, 0.3) is 22.2 Å². The SMILES string of the molecule is CCOC(=O)c1ccc(Cn2c(=O)c3nc4cc(C)c(C)cc4nc3n(Cc3ccc(C(=O)OCC)cc3)c2=O)cc1. The topological polar surface area (TPSA) is 122 Å². The van der Waals surface area contributed by atoms with Gasteiger partial charge in [-0.2, -0.15) is 0 Å². The van der Waals surface area contributed by atoms with Crippen molar-refractivity contribution in [1.82, 2.24) is 19.1 Å². The third-order valence-electron chi connectivity index (χ3n) is 7.04. The van der Waals surface area contributed by atoms with E-state index in [4.69, 9.17) is 14.5 Å². The maximum Gasteiger partial charge on any atom is 0.338 e. The average molecular weight is 567 g/mol. The van der Waals surface area contributed by atoms with Crippen LogP contribution in [-0.4, -0.2) is 44.3 Å². The Morgan fingerprint density at radius 3 is 1.62 bits per heavy atom. The standard InChI is InChI=1S/C32H30N4O6/c1-5-41-30(38)23-11-7-21(8-12-23)17-35-28-27(33-25-15-19(3)20(4)16-26(25)34-28)29(37)36(32(35)40)18-22-9-13-24(14-10-22)31(39)42-6-2/h7-16H,5-6,17-18H2,1-4H3. The first-order chi connectivity index (χ1) is 20.2. The van der Waals surface area contributed by atoms with E-state index < -0.39 is 23.2 Å². The van der Waals surface area contributed by atoms with Gasteiger partial charge in [0.1, 0.15) is 0 Å². The summed E-state index contributed by atoms with van der Waals surface area (Å²) in [5, 5.41) is 0. The summed E-state index contributed by atoms with van der Waals surface area (Å²) in [6.45, 7) is 7.96. The number of benzene rings is 3. The summed E-state index contributed by atoms with van der Waals surface area (Å²) < 4.78 is 12.6. The van der Waals surface area contributed by atoms with Gasteiger partial charge in [-0.25, -0.2) is 24.4 Å². The molecule has 0 amide bonds. The molecule has 0 saturated heterocycles. The molecule has 0 spiro atoms. The number of fused-ring (bicyclic) bond motifs is 2. The van der Waals surface area contributed by atoms with Gasteiger partial charge in [-0.05, 0) is 86.3 Å². The summed E-state index contributed by atoms with van der Waals surface area (Å²) in [6.07, 6.45) is 0. The number of aryl methyl sites for hydroxylation is 2. The summed E-state index contributed by atoms with van der Waals surface area (Å²) >= 11 is 0. The second-order valence-corrected chi connectivity index (χ2v) is 9.92. The zero-order valence-corrected chi connectivity index (χ0v) is 23.8. The van der Waals surface area contributed by atoms with Gasteiger partial charge >= 0.3 is 17.6 Å². The molecule has 5 aromatic rings. The van der Waals surface area contributed by atoms with Gasteiger partial charge in [0.2, 0.25) is 0 Å². The van der Waals surface area contributed by atoms with Crippen molar-refractivity contribution in [1.29, 1.82) is 0 Å². The molecular weight excluding hydrogens is 536 g/mol. The molecule has 42 heavy (non-hydrogen) atoms. The lowest BCUT2D eigenvalue weighted by Crippen LogP contribution is -2.41. The molecule has 0 atom stereocenters. The van der Waals surface area contributed by atoms with E-state index in [0.29, 0.717) is 27.7 Å². The van der Waals surface area contributed by atoms with Crippen LogP contribution in [-0.2, 0) is 22.6 Å². The first kappa shape index (κ1) is 28.4. The molecule has 2 heterocycles. The zero-order chi connectivity index (χ0) is 30.0. The molecule has 5 rings (SSSR count). The third-order valence-corrected chi connectivity index (χ3v) is 7.04. The molecule has 0 aliphatic rings. The minimum Gasteiger partial charge on any atom is -0.462 e. The normalized spacial score (nSPS) is 11.1. The molecule has 214 valence electrons. The van der Waals surface area contributed by atoms with Crippen LogP contribution in [0.5, 0.6) is 0 Å². The first-order valence-corrected chi connectivity index (χ1v) is 13.6. The number of aromatic nitrogens is 4. The van der Waals surface area contributed by atoms with E-state index in [-0.39, 0.29) is 37.5 Å². The van der Waals surface area contributed by atoms with Gasteiger partial charge in [-0.15, -0.1) is 0 Å². The second-order valence-electron chi connectivity index (χ2n) is 9.92. The monoisotopic (exact) mass is 566 g/mol. The molecule has 2 aromatic heterocycles. The predicted molar refractivity (Wildman–Crippen MR) is 158 cm³/mol. The molecule has 0 aliphatic heterocycles. The van der Waals surface area contributed by atoms with Gasteiger partial charge in [0.05, 0.1) is 48.5 Å². The van der Waals surface area contributed by atoms with Crippen molar-refractivity contribution >= 4 is 34.1 Å². The Morgan fingerprint density at radius 2 is 1.14 bits per heavy atom. The van der Waals surface area contributed by atoms with Crippen LogP contribution >= 0.6 is 0 Å². The van der Waals surface area contributed by atoms with Crippen molar-refractivity contribution in [3.05, 3.63) is 115 Å². The number of hydrogen-bond donors (Lipinski definition) is 0. The van der Waals surface area contributed by atoms with Crippen molar-refractivity contribution in [3.63, 3.8) is 0 Å². The number of carbonyl (C=O) groups is 2. The molecular formula is C32H30N4O6. The van der Waals surface area contributed by atoms with Crippen LogP contribution in [0.2, 0.25) is 0 Å². The lowest BCUT2D eigenvalue weighted by Gasteiger charge is -2.15. The van der Waals surface area contributed by atoms with Crippen molar-refractivity contribution in [2.75, 3.05) is 13.2 Å². The Balaban J connectivity index is 1.64. The molecule has 0 N–H and O–H groups in total. The number of ether oxygens (including phenoxy) is 2. The Kier molecular flexibility index (Phi) is 7.97. The Morgan fingerprint density at radius 1 is 0.690 bits per heavy atom. The fourth-order valence-corrected chi connectivity index (χ4v) is 4.65. The maximum absolute atomic E-state index is 13.9. The van der Waals surface area contributed by atoms with E-state index in [1.807, 2.05) is 26.0 Å². The molecule has 0 bridgehead atoms. The summed E-state index contributed by atoms with van der Waals surface area (Å²) in [5.74, 6) is -0.881. The lowest BCUT2D eigenvalue weighted by atomic mass is 10.1. The van der Waals surface area contributed by atoms with Gasteiger partial charge in [0, 0.05) is 0 Å². The van der Waals surface area contributed by atoms with Crippen molar-refractivity contribution in [2.45, 2.75) is 40.8 Å². The predicted octanol–water partition coefficient (Wildman–Crippen LogP) is 4.17. The molecule has 0 unspecified atom stereocenters. The molecule has 0 aliphatic carbocycles. The molecule has 0 fully saturated rings. The van der Waals surface area contributed by atoms with Gasteiger partial charge in [-0.3, -0.25) is 13.9 Å². The Bertz CT molecular complexity index is 1940. The lowest BCUT2D eigenvalue weighted by molar-refractivity contribution is 0.0516. The summed E-state index contributed by atoms with van der Waals surface area (Å²) in [6, 6.07) is 17.0. The van der Waals surface area contributed by atoms with E-state index in [1.165, 1.54) is 4.57 Å². The fraction of sp³-hybridized carbons (Fsp3) is 0.250. The molecule has 0 radical (unpaired) electrons. The van der Waals surface area contributed by atoms with Crippen LogP contribution in [0.1, 0.15) is 56.8 Å². The fourth-order valence-electron chi connectivity index (χ4n) is 4.65. The molecule has 3 aromatic carbocycles. The van der Waals surface area contributed by atoms with Gasteiger partial charge in [0.25, 0.3) is 5.56 Å². The summed E-state index contributed by atoms with van der Waals surface area (Å²) in [5.41, 5.74) is 4.39. The Labute approximate surface area is 241 Å². The highest BCUT2D eigenvalue weighted by atomic mass is 16.5. The highest BCUT2D eigenvalue weighted by Gasteiger charge is 2.19. The van der Waals surface area contributed by atoms with Crippen LogP contribution in [0.4, 0.5) is 0 Å². The van der Waals surface area contributed by atoms with E-state index in [2.05, 4.69) is 4.98 Å². The van der Waals surface area contributed by atoms with E-state index in [9.17, 15) is 19.2 Å². The van der Waals surface area contributed by atoms with Crippen molar-refractivity contribution < 1.29 is 19.1 Å². The number of rotatable bonds is 8. The highest BCUT2D eigenvalue weighted by molar-refractivity contribution is 5.90. The minimum atomic E-state index is -0.564. The summed E-state index contributed by atoms with van der Waals surface area (Å²) in [7, 11) is 0. The number of esters is 2. The minimum absolute atomic E-state index is 0.0366. The second kappa shape index (κ2) is 11.8. The van der Waals surface area contributed by atoms with Gasteiger partial charge in [-0.1, -0.05) is 24.3 Å². The van der Waals surface area contributed by atoms with Crippen LogP contribution in [0.15, 0.2) is 70.3 Å². The number of carbonyl (C=O) groups excluding carboxylic acids is 2. The molecule has 10 nitrogen and oxygen atoms in total. The third kappa shape index (κ3) is 5.56. The van der Waals surface area contributed by atoms with Crippen LogP contribution < -0.4 is 11.2 Å². The average Bonchev–Trinajstić information content (AvgIpc) is 2.98. The van der Waals surface area contributed by atoms with E-state index in [0.717, 1.165) is 21.3 Å². The van der Waals surface area contributed by atoms with Crippen molar-refractivity contribution in [2.24, 2.45) is 0 Å². The molecule has 10 heteroatoms. The van der Waals surface area contributed by atoms with Crippen LogP contribution in [0, 0.1) is 13.8 Å². The zero-order valence-electron chi connectivity index (χ0n) is 23.8. The highest BCUT2D eigenvalue weighted by Crippen LogP contribution is 2.19. The van der Waals surface area contributed by atoms with Gasteiger partial charge in [0.15, 0.2) is 11.2 Å². The van der Waals surface area contributed by atoms with Crippen molar-refractivity contribution in [3.8, 4) is 0 Å². The van der Waals surface area contributed by atoms with Gasteiger partial charge < -0.3 is 9.47 Å². The largest absolute Gasteiger partial charge is 0.462 e. The Hall–Kier alpha value is -5.12. The molecule has 0 saturated carbocycles. The number of hydrogen-bond acceptors (Lipinski definition) is 8. The quantitative estimate of drug-likeness (QED) is 0.203.